The summed E-state index contributed by atoms with van der Waals surface area (Å²) in [6.07, 6.45) is 5.40. The Hall–Kier alpha value is -1.86. The lowest BCUT2D eigenvalue weighted by Crippen LogP contribution is -2.30. The second-order valence-corrected chi connectivity index (χ2v) is 4.71. The molecule has 7 nitrogen and oxygen atoms in total. The van der Waals surface area contributed by atoms with E-state index in [1.54, 1.807) is 6.20 Å². The van der Waals surface area contributed by atoms with E-state index in [2.05, 4.69) is 34.6 Å². The third-order valence-electron chi connectivity index (χ3n) is 3.40. The van der Waals surface area contributed by atoms with Gasteiger partial charge < -0.3 is 5.73 Å². The first-order valence-electron chi connectivity index (χ1n) is 6.44. The summed E-state index contributed by atoms with van der Waals surface area (Å²) < 4.78 is 1.97. The Kier molecular flexibility index (Phi) is 4.18. The van der Waals surface area contributed by atoms with Crippen LogP contribution in [0.5, 0.6) is 0 Å². The predicted molar refractivity (Wildman–Crippen MR) is 74.0 cm³/mol. The lowest BCUT2D eigenvalue weighted by molar-refractivity contribution is 0.467. The smallest absolute Gasteiger partial charge is 0.123 e. The van der Waals surface area contributed by atoms with Crippen molar-refractivity contribution in [3.05, 3.63) is 29.7 Å². The molecule has 0 aliphatic heterocycles. The van der Waals surface area contributed by atoms with Gasteiger partial charge in [-0.3, -0.25) is 21.0 Å². The first-order chi connectivity index (χ1) is 9.15. The van der Waals surface area contributed by atoms with Gasteiger partial charge in [0.2, 0.25) is 0 Å². The summed E-state index contributed by atoms with van der Waals surface area (Å²) in [7, 11) is 0. The third-order valence-corrected chi connectivity index (χ3v) is 3.40. The maximum Gasteiger partial charge on any atom is 0.123 e. The molecule has 7 heteroatoms. The molecule has 0 saturated carbocycles. The molecule has 6 N–H and O–H groups in total. The monoisotopic (exact) mass is 263 g/mol. The van der Waals surface area contributed by atoms with Crippen LogP contribution < -0.4 is 17.0 Å². The van der Waals surface area contributed by atoms with Crippen LogP contribution in [0.1, 0.15) is 43.6 Å². The number of nitrogen functional groups attached to an aromatic ring is 1. The van der Waals surface area contributed by atoms with Crippen molar-refractivity contribution in [2.45, 2.75) is 38.8 Å². The minimum atomic E-state index is -0.0981. The van der Waals surface area contributed by atoms with Gasteiger partial charge in [0, 0.05) is 24.2 Å². The van der Waals surface area contributed by atoms with Crippen molar-refractivity contribution in [3.8, 4) is 0 Å². The molecule has 0 aliphatic rings. The number of hydrazine groups is 1. The van der Waals surface area contributed by atoms with E-state index in [9.17, 15) is 0 Å². The highest BCUT2D eigenvalue weighted by Crippen LogP contribution is 2.21. The molecule has 2 heterocycles. The van der Waals surface area contributed by atoms with E-state index in [0.29, 0.717) is 18.3 Å². The molecule has 0 amide bonds. The normalized spacial score (nSPS) is 14.5. The van der Waals surface area contributed by atoms with Crippen LogP contribution in [0.3, 0.4) is 0 Å². The van der Waals surface area contributed by atoms with Crippen LogP contribution in [0.4, 0.5) is 5.82 Å². The van der Waals surface area contributed by atoms with Gasteiger partial charge in [0.15, 0.2) is 0 Å². The first-order valence-corrected chi connectivity index (χ1v) is 6.44. The summed E-state index contributed by atoms with van der Waals surface area (Å²) in [4.78, 5) is 0. The Labute approximate surface area is 112 Å². The average Bonchev–Trinajstić information content (AvgIpc) is 3.04. The second kappa shape index (κ2) is 5.85. The first kappa shape index (κ1) is 13.6. The number of aromatic amines is 1. The Morgan fingerprint density at radius 2 is 2.32 bits per heavy atom. The van der Waals surface area contributed by atoms with Gasteiger partial charge in [-0.15, -0.1) is 0 Å². The number of hydrogen-bond acceptors (Lipinski definition) is 5. The maximum absolute atomic E-state index is 5.81. The zero-order valence-electron chi connectivity index (χ0n) is 11.3. The molecule has 2 atom stereocenters. The number of nitrogens with one attached hydrogen (secondary N) is 2. The van der Waals surface area contributed by atoms with Crippen molar-refractivity contribution in [1.82, 2.24) is 25.4 Å². The quantitative estimate of drug-likeness (QED) is 0.457. The minimum Gasteiger partial charge on any atom is -0.384 e. The number of H-pyrrole nitrogens is 1. The fraction of sp³-hybridized carbons (Fsp3) is 0.500. The number of aromatic nitrogens is 4. The summed E-state index contributed by atoms with van der Waals surface area (Å²) in [5.74, 6) is 6.12. The summed E-state index contributed by atoms with van der Waals surface area (Å²) >= 11 is 0. The molecule has 2 aromatic heterocycles. The van der Waals surface area contributed by atoms with Gasteiger partial charge in [0.05, 0.1) is 17.9 Å². The van der Waals surface area contributed by atoms with Gasteiger partial charge in [0.25, 0.3) is 0 Å². The van der Waals surface area contributed by atoms with Gasteiger partial charge in [0.1, 0.15) is 5.82 Å². The van der Waals surface area contributed by atoms with E-state index in [4.69, 9.17) is 11.6 Å². The van der Waals surface area contributed by atoms with Crippen LogP contribution in [0.25, 0.3) is 0 Å². The standard InChI is InChI=1S/C12H21N7/c1-3-8(2)19-5-4-9(18-19)6-11(16-14)10-7-15-17-12(10)13/h4-5,7-8,11,16H,3,6,14H2,1-2H3,(H3,13,15,17). The molecular formula is C12H21N7. The highest BCUT2D eigenvalue weighted by Gasteiger charge is 2.17. The highest BCUT2D eigenvalue weighted by molar-refractivity contribution is 5.39. The SMILES string of the molecule is CCC(C)n1ccc(CC(NN)c2cn[nH]c2N)n1. The lowest BCUT2D eigenvalue weighted by atomic mass is 10.1. The van der Waals surface area contributed by atoms with E-state index in [-0.39, 0.29) is 6.04 Å². The number of hydrogen-bond donors (Lipinski definition) is 4. The highest BCUT2D eigenvalue weighted by atomic mass is 15.3. The van der Waals surface area contributed by atoms with Crippen LogP contribution in [0.2, 0.25) is 0 Å². The molecule has 0 saturated heterocycles. The largest absolute Gasteiger partial charge is 0.384 e. The molecule has 104 valence electrons. The summed E-state index contributed by atoms with van der Waals surface area (Å²) in [6.45, 7) is 4.28. The van der Waals surface area contributed by atoms with E-state index < -0.39 is 0 Å². The van der Waals surface area contributed by atoms with E-state index in [1.807, 2.05) is 16.9 Å². The lowest BCUT2D eigenvalue weighted by Gasteiger charge is -2.14. The van der Waals surface area contributed by atoms with E-state index in [0.717, 1.165) is 17.7 Å². The summed E-state index contributed by atoms with van der Waals surface area (Å²) in [5, 5.41) is 11.2. The molecule has 2 aromatic rings. The molecule has 0 spiro atoms. The molecule has 0 aliphatic carbocycles. The Morgan fingerprint density at radius 1 is 1.53 bits per heavy atom. The molecule has 0 bridgehead atoms. The fourth-order valence-electron chi connectivity index (χ4n) is 1.97. The van der Waals surface area contributed by atoms with Gasteiger partial charge in [-0.25, -0.2) is 0 Å². The van der Waals surface area contributed by atoms with Crippen LogP contribution in [0, 0.1) is 0 Å². The zero-order chi connectivity index (χ0) is 13.8. The van der Waals surface area contributed by atoms with Crippen molar-refractivity contribution >= 4 is 5.82 Å². The van der Waals surface area contributed by atoms with Crippen LogP contribution >= 0.6 is 0 Å². The minimum absolute atomic E-state index is 0.0981. The molecular weight excluding hydrogens is 242 g/mol. The van der Waals surface area contributed by atoms with Gasteiger partial charge in [-0.05, 0) is 19.4 Å². The number of nitrogens with two attached hydrogens (primary N) is 2. The molecule has 0 radical (unpaired) electrons. The third kappa shape index (κ3) is 2.94. The second-order valence-electron chi connectivity index (χ2n) is 4.71. The van der Waals surface area contributed by atoms with Crippen LogP contribution in [-0.2, 0) is 6.42 Å². The predicted octanol–water partition coefficient (Wildman–Crippen LogP) is 0.907. The van der Waals surface area contributed by atoms with E-state index >= 15 is 0 Å². The molecule has 0 fully saturated rings. The molecule has 2 rings (SSSR count). The maximum atomic E-state index is 5.81. The number of anilines is 1. The zero-order valence-corrected chi connectivity index (χ0v) is 11.3. The molecule has 2 unspecified atom stereocenters. The molecule has 0 aromatic carbocycles. The van der Waals surface area contributed by atoms with Gasteiger partial charge >= 0.3 is 0 Å². The van der Waals surface area contributed by atoms with Crippen molar-refractivity contribution < 1.29 is 0 Å². The van der Waals surface area contributed by atoms with Crippen molar-refractivity contribution in [3.63, 3.8) is 0 Å². The van der Waals surface area contributed by atoms with Crippen molar-refractivity contribution in [2.24, 2.45) is 5.84 Å². The summed E-state index contributed by atoms with van der Waals surface area (Å²) in [5.41, 5.74) is 10.4. The van der Waals surface area contributed by atoms with Crippen LogP contribution in [0.15, 0.2) is 18.5 Å². The fourth-order valence-corrected chi connectivity index (χ4v) is 1.97. The average molecular weight is 263 g/mol. The Balaban J connectivity index is 2.11. The Bertz CT molecular complexity index is 516. The van der Waals surface area contributed by atoms with Crippen LogP contribution in [-0.4, -0.2) is 20.0 Å². The number of rotatable bonds is 6. The number of nitrogens with zero attached hydrogens (tertiary/aromatic N) is 3. The van der Waals surface area contributed by atoms with E-state index in [1.165, 1.54) is 0 Å². The van der Waals surface area contributed by atoms with Crippen molar-refractivity contribution in [2.75, 3.05) is 5.73 Å². The Morgan fingerprint density at radius 3 is 2.89 bits per heavy atom. The topological polar surface area (TPSA) is 111 Å². The van der Waals surface area contributed by atoms with Gasteiger partial charge in [-0.1, -0.05) is 6.92 Å². The summed E-state index contributed by atoms with van der Waals surface area (Å²) in [6, 6.07) is 2.31. The van der Waals surface area contributed by atoms with Gasteiger partial charge in [-0.2, -0.15) is 10.2 Å². The molecule has 19 heavy (non-hydrogen) atoms. The van der Waals surface area contributed by atoms with Crippen molar-refractivity contribution in [1.29, 1.82) is 0 Å².